The Morgan fingerprint density at radius 3 is 3.27 bits per heavy atom. The molecule has 0 spiro atoms. The fourth-order valence-corrected chi connectivity index (χ4v) is 2.59. The Balaban J connectivity index is 2.52. The van der Waals surface area contributed by atoms with Crippen molar-refractivity contribution < 1.29 is 4.21 Å². The topological polar surface area (TPSA) is 30.0 Å². The molecule has 0 bridgehead atoms. The molecule has 0 N–H and O–H groups in total. The molecule has 0 amide bonds. The summed E-state index contributed by atoms with van der Waals surface area (Å²) in [5.41, 5.74) is 1.21. The number of pyridine rings is 1. The van der Waals surface area contributed by atoms with Crippen molar-refractivity contribution >= 4 is 10.8 Å². The third-order valence-electron chi connectivity index (χ3n) is 1.89. The van der Waals surface area contributed by atoms with Crippen molar-refractivity contribution in [3.63, 3.8) is 0 Å². The lowest BCUT2D eigenvalue weighted by atomic mass is 10.1. The predicted octanol–water partition coefficient (Wildman–Crippen LogP) is 1.14. The van der Waals surface area contributed by atoms with Crippen LogP contribution in [0.3, 0.4) is 0 Å². The number of hydrogen-bond acceptors (Lipinski definition) is 2. The van der Waals surface area contributed by atoms with Gasteiger partial charge in [-0.25, -0.2) is 0 Å². The van der Waals surface area contributed by atoms with Gasteiger partial charge in [-0.2, -0.15) is 0 Å². The lowest BCUT2D eigenvalue weighted by Crippen LogP contribution is -2.09. The molecule has 1 atom stereocenters. The summed E-state index contributed by atoms with van der Waals surface area (Å²) in [6.07, 6.45) is 5.60. The van der Waals surface area contributed by atoms with Gasteiger partial charge in [0.1, 0.15) is 0 Å². The molecule has 0 saturated heterocycles. The number of hydrogen-bond donors (Lipinski definition) is 0. The number of nitrogens with zero attached hydrogens (tertiary/aromatic N) is 1. The Labute approximate surface area is 68.1 Å². The Morgan fingerprint density at radius 2 is 2.45 bits per heavy atom. The van der Waals surface area contributed by atoms with Gasteiger partial charge >= 0.3 is 0 Å². The van der Waals surface area contributed by atoms with Gasteiger partial charge in [0.25, 0.3) is 0 Å². The zero-order chi connectivity index (χ0) is 7.68. The SMILES string of the molecule is O=S1CCCc2ccncc21. The molecular formula is C8H9NOS. The van der Waals surface area contributed by atoms with Crippen LogP contribution in [0.4, 0.5) is 0 Å². The van der Waals surface area contributed by atoms with Crippen LogP contribution in [0.25, 0.3) is 0 Å². The maximum atomic E-state index is 11.4. The normalized spacial score (nSPS) is 22.7. The highest BCUT2D eigenvalue weighted by atomic mass is 32.2. The molecule has 1 aromatic heterocycles. The lowest BCUT2D eigenvalue weighted by molar-refractivity contribution is 0.673. The van der Waals surface area contributed by atoms with Crippen molar-refractivity contribution in [2.45, 2.75) is 17.7 Å². The Kier molecular flexibility index (Phi) is 1.74. The largest absolute Gasteiger partial charge is 0.263 e. The fourth-order valence-electron chi connectivity index (χ4n) is 1.32. The monoisotopic (exact) mass is 167 g/mol. The van der Waals surface area contributed by atoms with E-state index in [0.29, 0.717) is 0 Å². The van der Waals surface area contributed by atoms with Gasteiger partial charge in [-0.1, -0.05) is 0 Å². The molecule has 0 radical (unpaired) electrons. The molecule has 2 heterocycles. The van der Waals surface area contributed by atoms with Crippen LogP contribution in [-0.4, -0.2) is 14.9 Å². The van der Waals surface area contributed by atoms with Gasteiger partial charge in [-0.3, -0.25) is 9.19 Å². The molecule has 2 rings (SSSR count). The third-order valence-corrected chi connectivity index (χ3v) is 3.41. The molecular weight excluding hydrogens is 158 g/mol. The molecule has 0 aliphatic carbocycles. The van der Waals surface area contributed by atoms with E-state index >= 15 is 0 Å². The quantitative estimate of drug-likeness (QED) is 0.580. The van der Waals surface area contributed by atoms with E-state index in [1.54, 1.807) is 12.4 Å². The van der Waals surface area contributed by atoms with Gasteiger partial charge in [-0.05, 0) is 24.5 Å². The van der Waals surface area contributed by atoms with E-state index in [-0.39, 0.29) is 0 Å². The van der Waals surface area contributed by atoms with E-state index in [9.17, 15) is 4.21 Å². The second-order valence-corrected chi connectivity index (χ2v) is 4.18. The van der Waals surface area contributed by atoms with E-state index in [2.05, 4.69) is 4.98 Å². The summed E-state index contributed by atoms with van der Waals surface area (Å²) >= 11 is 0. The van der Waals surface area contributed by atoms with E-state index in [1.165, 1.54) is 5.56 Å². The minimum Gasteiger partial charge on any atom is -0.263 e. The van der Waals surface area contributed by atoms with Gasteiger partial charge in [0.2, 0.25) is 0 Å². The number of rotatable bonds is 0. The summed E-state index contributed by atoms with van der Waals surface area (Å²) in [6, 6.07) is 1.96. The number of aryl methyl sites for hydroxylation is 1. The second-order valence-electron chi connectivity index (χ2n) is 2.64. The van der Waals surface area contributed by atoms with Crippen molar-refractivity contribution in [1.29, 1.82) is 0 Å². The van der Waals surface area contributed by atoms with Crippen LogP contribution in [0, 0.1) is 0 Å². The minimum atomic E-state index is -0.778. The van der Waals surface area contributed by atoms with Crippen molar-refractivity contribution in [1.82, 2.24) is 4.98 Å². The minimum absolute atomic E-state index is 0.778. The molecule has 1 aromatic rings. The summed E-state index contributed by atoms with van der Waals surface area (Å²) in [6.45, 7) is 0. The molecule has 0 aromatic carbocycles. The van der Waals surface area contributed by atoms with Crippen molar-refractivity contribution in [2.75, 3.05) is 5.75 Å². The second kappa shape index (κ2) is 2.74. The van der Waals surface area contributed by atoms with Crippen LogP contribution < -0.4 is 0 Å². The summed E-state index contributed by atoms with van der Waals surface area (Å²) in [4.78, 5) is 4.90. The first-order valence-electron chi connectivity index (χ1n) is 3.69. The Bertz CT molecular complexity index is 298. The highest BCUT2D eigenvalue weighted by Crippen LogP contribution is 2.19. The van der Waals surface area contributed by atoms with Crippen molar-refractivity contribution in [3.05, 3.63) is 24.0 Å². The first-order chi connectivity index (χ1) is 5.38. The van der Waals surface area contributed by atoms with Crippen molar-refractivity contribution in [3.8, 4) is 0 Å². The molecule has 11 heavy (non-hydrogen) atoms. The zero-order valence-corrected chi connectivity index (χ0v) is 6.93. The van der Waals surface area contributed by atoms with Crippen molar-refractivity contribution in [2.24, 2.45) is 0 Å². The fraction of sp³-hybridized carbons (Fsp3) is 0.375. The average Bonchev–Trinajstić information content (AvgIpc) is 2.06. The molecule has 58 valence electrons. The van der Waals surface area contributed by atoms with Crippen LogP contribution in [0.15, 0.2) is 23.4 Å². The molecule has 3 heteroatoms. The molecule has 2 nitrogen and oxygen atoms in total. The van der Waals surface area contributed by atoms with Crippen LogP contribution in [0.2, 0.25) is 0 Å². The van der Waals surface area contributed by atoms with E-state index < -0.39 is 10.8 Å². The summed E-state index contributed by atoms with van der Waals surface area (Å²) in [5, 5.41) is 0. The smallest absolute Gasteiger partial charge is 0.0603 e. The Morgan fingerprint density at radius 1 is 1.55 bits per heavy atom. The standard InChI is InChI=1S/C8H9NOS/c10-11-5-1-2-7-3-4-9-6-8(7)11/h3-4,6H,1-2,5H2. The number of fused-ring (bicyclic) bond motifs is 1. The molecule has 1 unspecified atom stereocenters. The lowest BCUT2D eigenvalue weighted by Gasteiger charge is -2.12. The van der Waals surface area contributed by atoms with Gasteiger partial charge in [0, 0.05) is 18.1 Å². The van der Waals surface area contributed by atoms with Gasteiger partial charge in [-0.15, -0.1) is 0 Å². The van der Waals surface area contributed by atoms with Gasteiger partial charge in [0.15, 0.2) is 0 Å². The van der Waals surface area contributed by atoms with Gasteiger partial charge < -0.3 is 0 Å². The summed E-state index contributed by atoms with van der Waals surface area (Å²) < 4.78 is 11.4. The van der Waals surface area contributed by atoms with E-state index in [1.807, 2.05) is 6.07 Å². The van der Waals surface area contributed by atoms with Crippen LogP contribution in [-0.2, 0) is 17.2 Å². The molecule has 1 aliphatic rings. The first kappa shape index (κ1) is 6.98. The summed E-state index contributed by atoms with van der Waals surface area (Å²) in [7, 11) is -0.778. The Hall–Kier alpha value is -0.700. The average molecular weight is 167 g/mol. The third kappa shape index (κ3) is 1.20. The maximum Gasteiger partial charge on any atom is 0.0603 e. The molecule has 0 saturated carbocycles. The van der Waals surface area contributed by atoms with E-state index in [0.717, 1.165) is 23.5 Å². The van der Waals surface area contributed by atoms with Gasteiger partial charge in [0.05, 0.1) is 15.7 Å². The first-order valence-corrected chi connectivity index (χ1v) is 5.01. The molecule has 1 aliphatic heterocycles. The van der Waals surface area contributed by atoms with E-state index in [4.69, 9.17) is 0 Å². The maximum absolute atomic E-state index is 11.4. The highest BCUT2D eigenvalue weighted by molar-refractivity contribution is 7.85. The van der Waals surface area contributed by atoms with Crippen LogP contribution in [0.1, 0.15) is 12.0 Å². The van der Waals surface area contributed by atoms with Crippen LogP contribution in [0.5, 0.6) is 0 Å². The predicted molar refractivity (Wildman–Crippen MR) is 43.8 cm³/mol. The molecule has 0 fully saturated rings. The summed E-state index contributed by atoms with van der Waals surface area (Å²) in [5.74, 6) is 0.804. The number of aromatic nitrogens is 1. The van der Waals surface area contributed by atoms with Crippen LogP contribution >= 0.6 is 0 Å². The zero-order valence-electron chi connectivity index (χ0n) is 6.12. The highest BCUT2D eigenvalue weighted by Gasteiger charge is 2.14.